The zero-order valence-corrected chi connectivity index (χ0v) is 16.4. The van der Waals surface area contributed by atoms with Gasteiger partial charge in [0.05, 0.1) is 11.4 Å². The maximum atomic E-state index is 12.7. The minimum Gasteiger partial charge on any atom is -0.341 e. The van der Waals surface area contributed by atoms with Crippen LogP contribution in [0, 0.1) is 0 Å². The Morgan fingerprint density at radius 1 is 1.25 bits per heavy atom. The number of nitrogens with one attached hydrogen (secondary N) is 2. The number of fused-ring (bicyclic) bond motifs is 2. The number of aromatic nitrogens is 2. The van der Waals surface area contributed by atoms with Crippen LogP contribution in [-0.2, 0) is 0 Å². The molecule has 2 aliphatic heterocycles. The van der Waals surface area contributed by atoms with Gasteiger partial charge in [-0.25, -0.2) is 4.98 Å². The van der Waals surface area contributed by atoms with Crippen LogP contribution in [0.1, 0.15) is 28.8 Å². The molecule has 1 amide bonds. The van der Waals surface area contributed by atoms with E-state index in [1.54, 1.807) is 19.5 Å². The van der Waals surface area contributed by atoms with Crippen molar-refractivity contribution in [1.29, 1.82) is 0 Å². The molecule has 0 bridgehead atoms. The van der Waals surface area contributed by atoms with Gasteiger partial charge in [-0.3, -0.25) is 9.79 Å². The molecule has 2 aromatic rings. The van der Waals surface area contributed by atoms with E-state index in [9.17, 15) is 4.79 Å². The molecule has 2 aliphatic rings. The summed E-state index contributed by atoms with van der Waals surface area (Å²) in [6.07, 6.45) is 5.50. The summed E-state index contributed by atoms with van der Waals surface area (Å²) in [5.41, 5.74) is 2.85. The highest BCUT2D eigenvalue weighted by Gasteiger charge is 2.25. The molecule has 0 radical (unpaired) electrons. The van der Waals surface area contributed by atoms with Crippen LogP contribution in [0.4, 0.5) is 23.1 Å². The van der Waals surface area contributed by atoms with Gasteiger partial charge in [0.1, 0.15) is 11.4 Å². The normalized spacial score (nSPS) is 17.5. The molecule has 1 fully saturated rings. The molecule has 0 unspecified atom stereocenters. The van der Waals surface area contributed by atoms with Crippen molar-refractivity contribution in [2.75, 3.05) is 49.8 Å². The van der Waals surface area contributed by atoms with Crippen LogP contribution in [0.3, 0.4) is 0 Å². The predicted molar refractivity (Wildman–Crippen MR) is 112 cm³/mol. The van der Waals surface area contributed by atoms with Crippen molar-refractivity contribution < 1.29 is 4.79 Å². The fourth-order valence-corrected chi connectivity index (χ4v) is 3.67. The van der Waals surface area contributed by atoms with E-state index in [2.05, 4.69) is 42.4 Å². The molecule has 8 nitrogen and oxygen atoms in total. The molecular formula is C20H25N7O. The second-order valence-electron chi connectivity index (χ2n) is 7.35. The topological polar surface area (TPSA) is 85.8 Å². The minimum absolute atomic E-state index is 0.222. The Morgan fingerprint density at radius 2 is 2.04 bits per heavy atom. The number of anilines is 4. The molecule has 1 aromatic carbocycles. The Kier molecular flexibility index (Phi) is 4.95. The Hall–Kier alpha value is -3.00. The molecule has 0 spiro atoms. The molecule has 2 N–H and O–H groups in total. The van der Waals surface area contributed by atoms with Gasteiger partial charge in [0.2, 0.25) is 5.95 Å². The van der Waals surface area contributed by atoms with Gasteiger partial charge in [-0.15, -0.1) is 0 Å². The van der Waals surface area contributed by atoms with Crippen molar-refractivity contribution in [2.45, 2.75) is 18.9 Å². The highest BCUT2D eigenvalue weighted by atomic mass is 16.1. The lowest BCUT2D eigenvalue weighted by Gasteiger charge is -2.35. The van der Waals surface area contributed by atoms with E-state index in [1.807, 2.05) is 25.2 Å². The summed E-state index contributed by atoms with van der Waals surface area (Å²) < 4.78 is 0. The first-order valence-corrected chi connectivity index (χ1v) is 9.48. The number of piperidine rings is 1. The van der Waals surface area contributed by atoms with Crippen molar-refractivity contribution in [1.82, 2.24) is 14.9 Å². The molecule has 4 rings (SSSR count). The number of carbonyl (C=O) groups is 1. The van der Waals surface area contributed by atoms with E-state index in [-0.39, 0.29) is 5.91 Å². The average molecular weight is 379 g/mol. The smallest absolute Gasteiger partial charge is 0.261 e. The van der Waals surface area contributed by atoms with E-state index in [1.165, 1.54) is 0 Å². The second kappa shape index (κ2) is 7.55. The van der Waals surface area contributed by atoms with Gasteiger partial charge in [-0.1, -0.05) is 6.07 Å². The third-order valence-corrected chi connectivity index (χ3v) is 5.40. The summed E-state index contributed by atoms with van der Waals surface area (Å²) in [5.74, 6) is 0.935. The number of aliphatic imine (C=N–C) groups is 1. The average Bonchev–Trinajstić information content (AvgIpc) is 2.83. The lowest BCUT2D eigenvalue weighted by Crippen LogP contribution is -2.42. The number of nitrogens with zero attached hydrogens (tertiary/aromatic N) is 5. The number of benzene rings is 1. The number of amides is 1. The summed E-state index contributed by atoms with van der Waals surface area (Å²) >= 11 is 0. The predicted octanol–water partition coefficient (Wildman–Crippen LogP) is 2.37. The van der Waals surface area contributed by atoms with Gasteiger partial charge >= 0.3 is 0 Å². The third-order valence-electron chi connectivity index (χ3n) is 5.40. The Balaban J connectivity index is 1.63. The lowest BCUT2D eigenvalue weighted by molar-refractivity contribution is 0.102. The van der Waals surface area contributed by atoms with E-state index in [0.29, 0.717) is 29.1 Å². The monoisotopic (exact) mass is 379 g/mol. The van der Waals surface area contributed by atoms with Crippen LogP contribution in [0.15, 0.2) is 29.4 Å². The van der Waals surface area contributed by atoms with Gasteiger partial charge < -0.3 is 20.4 Å². The standard InChI is InChI=1S/C20H25N7O/c1-21-11-13-4-5-16-17(10-13)24-19(28)15-12-22-20(25-18(15)23-16)27(3)14-6-8-26(2)9-7-14/h4-5,10-12,14H,6-9H2,1-3H3,(H,24,28)(H,22,23,25). The van der Waals surface area contributed by atoms with Crippen LogP contribution >= 0.6 is 0 Å². The molecule has 8 heteroatoms. The first-order valence-electron chi connectivity index (χ1n) is 9.48. The molecule has 28 heavy (non-hydrogen) atoms. The summed E-state index contributed by atoms with van der Waals surface area (Å²) in [7, 11) is 5.89. The lowest BCUT2D eigenvalue weighted by atomic mass is 10.0. The maximum Gasteiger partial charge on any atom is 0.261 e. The van der Waals surface area contributed by atoms with Gasteiger partial charge in [0.25, 0.3) is 5.91 Å². The van der Waals surface area contributed by atoms with Crippen molar-refractivity contribution in [2.24, 2.45) is 4.99 Å². The van der Waals surface area contributed by atoms with Crippen LogP contribution in [0.5, 0.6) is 0 Å². The highest BCUT2D eigenvalue weighted by Crippen LogP contribution is 2.32. The molecule has 0 atom stereocenters. The van der Waals surface area contributed by atoms with E-state index < -0.39 is 0 Å². The summed E-state index contributed by atoms with van der Waals surface area (Å²) in [6, 6.07) is 6.16. The largest absolute Gasteiger partial charge is 0.341 e. The van der Waals surface area contributed by atoms with E-state index in [4.69, 9.17) is 0 Å². The minimum atomic E-state index is -0.222. The van der Waals surface area contributed by atoms with E-state index >= 15 is 0 Å². The number of likely N-dealkylation sites (tertiary alicyclic amines) is 1. The summed E-state index contributed by atoms with van der Waals surface area (Å²) in [4.78, 5) is 30.3. The van der Waals surface area contributed by atoms with Gasteiger partial charge in [-0.05, 0) is 50.7 Å². The first-order chi connectivity index (χ1) is 13.5. The van der Waals surface area contributed by atoms with Gasteiger partial charge in [0, 0.05) is 32.5 Å². The molecular weight excluding hydrogens is 354 g/mol. The van der Waals surface area contributed by atoms with Crippen molar-refractivity contribution >= 4 is 35.3 Å². The number of rotatable bonds is 3. The summed E-state index contributed by atoms with van der Waals surface area (Å²) in [5, 5.41) is 6.23. The van der Waals surface area contributed by atoms with Gasteiger partial charge in [0.15, 0.2) is 0 Å². The quantitative estimate of drug-likeness (QED) is 0.797. The van der Waals surface area contributed by atoms with Crippen molar-refractivity contribution in [3.05, 3.63) is 35.5 Å². The zero-order valence-electron chi connectivity index (χ0n) is 16.4. The van der Waals surface area contributed by atoms with Crippen molar-refractivity contribution in [3.8, 4) is 0 Å². The van der Waals surface area contributed by atoms with E-state index in [0.717, 1.165) is 37.2 Å². The number of hydrogen-bond acceptors (Lipinski definition) is 7. The van der Waals surface area contributed by atoms with Crippen molar-refractivity contribution in [3.63, 3.8) is 0 Å². The Labute approximate surface area is 164 Å². The van der Waals surface area contributed by atoms with Crippen LogP contribution in [0.2, 0.25) is 0 Å². The van der Waals surface area contributed by atoms with Crippen LogP contribution in [0.25, 0.3) is 0 Å². The molecule has 0 aliphatic carbocycles. The molecule has 146 valence electrons. The Bertz CT molecular complexity index is 919. The van der Waals surface area contributed by atoms with Crippen LogP contribution in [-0.4, -0.2) is 67.3 Å². The fraction of sp³-hybridized carbons (Fsp3) is 0.400. The fourth-order valence-electron chi connectivity index (χ4n) is 3.67. The number of carbonyl (C=O) groups excluding carboxylic acids is 1. The highest BCUT2D eigenvalue weighted by molar-refractivity contribution is 6.11. The third kappa shape index (κ3) is 3.55. The Morgan fingerprint density at radius 3 is 2.79 bits per heavy atom. The molecule has 0 saturated carbocycles. The maximum absolute atomic E-state index is 12.7. The molecule has 1 saturated heterocycles. The summed E-state index contributed by atoms with van der Waals surface area (Å²) in [6.45, 7) is 2.13. The molecule has 1 aromatic heterocycles. The first kappa shape index (κ1) is 18.4. The molecule has 3 heterocycles. The SMILES string of the molecule is CN=Cc1ccc2c(c1)NC(=O)c1cnc(N(C)C3CCN(C)CC3)nc1N2. The number of hydrogen-bond donors (Lipinski definition) is 2. The van der Waals surface area contributed by atoms with Gasteiger partial charge in [-0.2, -0.15) is 4.98 Å². The van der Waals surface area contributed by atoms with Crippen LogP contribution < -0.4 is 15.5 Å². The zero-order chi connectivity index (χ0) is 19.7. The second-order valence-corrected chi connectivity index (χ2v) is 7.35.